The first-order valence-electron chi connectivity index (χ1n) is 15.6. The van der Waals surface area contributed by atoms with Crippen LogP contribution in [0.25, 0.3) is 0 Å². The fourth-order valence-electron chi connectivity index (χ4n) is 4.01. The van der Waals surface area contributed by atoms with E-state index in [1.165, 1.54) is 22.3 Å². The maximum Gasteiger partial charge on any atom is 0.335 e. The van der Waals surface area contributed by atoms with Crippen molar-refractivity contribution in [1.29, 1.82) is 0 Å². The minimum Gasteiger partial charge on any atom is -0.478 e. The van der Waals surface area contributed by atoms with E-state index < -0.39 is 11.9 Å². The van der Waals surface area contributed by atoms with E-state index in [0.717, 1.165) is 56.9 Å². The Balaban J connectivity index is 0.000000856. The third kappa shape index (κ3) is 24.1. The second-order valence-electron chi connectivity index (χ2n) is 11.1. The summed E-state index contributed by atoms with van der Waals surface area (Å²) in [4.78, 5) is 20.4. The molecule has 6 nitrogen and oxygen atoms in total. The van der Waals surface area contributed by atoms with Gasteiger partial charge in [0, 0.05) is 0 Å². The zero-order valence-corrected chi connectivity index (χ0v) is 27.8. The van der Waals surface area contributed by atoms with E-state index >= 15 is 0 Å². The van der Waals surface area contributed by atoms with Crippen LogP contribution in [0.1, 0.15) is 107 Å². The van der Waals surface area contributed by atoms with Gasteiger partial charge in [0.15, 0.2) is 0 Å². The SMILES string of the molecule is CC(C)=CCCC(C)=CCCC(C)=CCCC(=CCCC(C)=CCO)CO.O=C(O)c1ccccc1.O=C(O)c1ccccc1. The Bertz CT molecular complexity index is 1200. The zero-order valence-electron chi connectivity index (χ0n) is 27.8. The average molecular weight is 619 g/mol. The van der Waals surface area contributed by atoms with Crippen LogP contribution >= 0.6 is 0 Å². The minimum absolute atomic E-state index is 0.108. The highest BCUT2D eigenvalue weighted by molar-refractivity contribution is 5.87. The van der Waals surface area contributed by atoms with Gasteiger partial charge in [-0.15, -0.1) is 0 Å². The van der Waals surface area contributed by atoms with Gasteiger partial charge in [0.05, 0.1) is 24.3 Å². The van der Waals surface area contributed by atoms with Crippen LogP contribution in [0.15, 0.2) is 119 Å². The van der Waals surface area contributed by atoms with Crippen molar-refractivity contribution < 1.29 is 30.0 Å². The molecule has 2 rings (SSSR count). The Morgan fingerprint density at radius 3 is 1.27 bits per heavy atom. The van der Waals surface area contributed by atoms with Crippen molar-refractivity contribution in [2.45, 2.75) is 86.0 Å². The lowest BCUT2D eigenvalue weighted by Gasteiger charge is -2.05. The first-order chi connectivity index (χ1) is 21.5. The molecule has 2 aromatic rings. The molecule has 0 amide bonds. The van der Waals surface area contributed by atoms with E-state index in [1.807, 2.05) is 13.0 Å². The molecule has 0 aliphatic rings. The molecular formula is C39H54O6. The van der Waals surface area contributed by atoms with Gasteiger partial charge >= 0.3 is 11.9 Å². The van der Waals surface area contributed by atoms with E-state index in [2.05, 4.69) is 52.0 Å². The maximum absolute atomic E-state index is 10.2. The number of carbonyl (C=O) groups is 2. The summed E-state index contributed by atoms with van der Waals surface area (Å²) in [5.74, 6) is -1.76. The molecular weight excluding hydrogens is 564 g/mol. The number of rotatable bonds is 16. The predicted molar refractivity (Wildman–Crippen MR) is 187 cm³/mol. The van der Waals surface area contributed by atoms with Crippen molar-refractivity contribution in [3.8, 4) is 0 Å². The van der Waals surface area contributed by atoms with E-state index in [9.17, 15) is 14.7 Å². The second-order valence-corrected chi connectivity index (χ2v) is 11.1. The van der Waals surface area contributed by atoms with Crippen molar-refractivity contribution in [2.24, 2.45) is 0 Å². The maximum atomic E-state index is 10.2. The quantitative estimate of drug-likeness (QED) is 0.139. The predicted octanol–water partition coefficient (Wildman–Crippen LogP) is 9.59. The fourth-order valence-corrected chi connectivity index (χ4v) is 4.01. The number of aliphatic hydroxyl groups excluding tert-OH is 2. The van der Waals surface area contributed by atoms with Crippen LogP contribution in [-0.4, -0.2) is 45.6 Å². The van der Waals surface area contributed by atoms with E-state index in [1.54, 1.807) is 60.7 Å². The fraction of sp³-hybridized carbons (Fsp3) is 0.385. The number of aromatic carboxylic acids is 2. The average Bonchev–Trinajstić information content (AvgIpc) is 3.01. The Kier molecular flexibility index (Phi) is 24.1. The highest BCUT2D eigenvalue weighted by Crippen LogP contribution is 2.15. The van der Waals surface area contributed by atoms with Gasteiger partial charge in [-0.2, -0.15) is 0 Å². The van der Waals surface area contributed by atoms with Crippen molar-refractivity contribution in [1.82, 2.24) is 0 Å². The lowest BCUT2D eigenvalue weighted by molar-refractivity contribution is 0.0686. The number of allylic oxidation sites excluding steroid dienone is 8. The highest BCUT2D eigenvalue weighted by Gasteiger charge is 1.99. The van der Waals surface area contributed by atoms with Crippen LogP contribution in [0.4, 0.5) is 0 Å². The Morgan fingerprint density at radius 2 is 0.911 bits per heavy atom. The van der Waals surface area contributed by atoms with Gasteiger partial charge in [-0.25, -0.2) is 9.59 Å². The smallest absolute Gasteiger partial charge is 0.335 e. The highest BCUT2D eigenvalue weighted by atomic mass is 16.4. The van der Waals surface area contributed by atoms with Gasteiger partial charge in [0.1, 0.15) is 0 Å². The monoisotopic (exact) mass is 618 g/mol. The third-order valence-corrected chi connectivity index (χ3v) is 6.74. The molecule has 6 heteroatoms. The van der Waals surface area contributed by atoms with Crippen molar-refractivity contribution >= 4 is 11.9 Å². The molecule has 45 heavy (non-hydrogen) atoms. The standard InChI is InChI=1S/C25H42O2.2C7H6O2/c1-21(2)10-6-11-22(3)12-7-13-23(4)14-8-16-25(20-27)17-9-15-24(5)18-19-26;2*8-7(9)6-4-2-1-3-5-6/h10,12,14,17-18,26-27H,6-9,11,13,15-16,19-20H2,1-5H3;2*1-5H,(H,8,9). The van der Waals surface area contributed by atoms with Crippen LogP contribution in [0, 0.1) is 0 Å². The molecule has 0 heterocycles. The number of carboxylic acids is 2. The van der Waals surface area contributed by atoms with Crippen molar-refractivity contribution in [2.75, 3.05) is 13.2 Å². The third-order valence-electron chi connectivity index (χ3n) is 6.74. The minimum atomic E-state index is -0.879. The summed E-state index contributed by atoms with van der Waals surface area (Å²) in [7, 11) is 0. The Labute approximate surface area is 270 Å². The topological polar surface area (TPSA) is 115 Å². The Hall–Kier alpha value is -4.00. The zero-order chi connectivity index (χ0) is 33.9. The van der Waals surface area contributed by atoms with Crippen LogP contribution in [0.3, 0.4) is 0 Å². The van der Waals surface area contributed by atoms with Crippen LogP contribution in [0.2, 0.25) is 0 Å². The summed E-state index contributed by atoms with van der Waals surface area (Å²) in [6, 6.07) is 16.6. The lowest BCUT2D eigenvalue weighted by atomic mass is 10.0. The van der Waals surface area contributed by atoms with Gasteiger partial charge in [0.2, 0.25) is 0 Å². The van der Waals surface area contributed by atoms with Gasteiger partial charge in [0.25, 0.3) is 0 Å². The summed E-state index contributed by atoms with van der Waals surface area (Å²) in [5.41, 5.74) is 7.29. The van der Waals surface area contributed by atoms with Crippen LogP contribution in [-0.2, 0) is 0 Å². The van der Waals surface area contributed by atoms with Crippen molar-refractivity contribution in [3.63, 3.8) is 0 Å². The summed E-state index contributed by atoms with van der Waals surface area (Å²) in [6.45, 7) is 11.0. The molecule has 0 bridgehead atoms. The van der Waals surface area contributed by atoms with E-state index in [4.69, 9.17) is 15.3 Å². The molecule has 0 aliphatic heterocycles. The normalized spacial score (nSPS) is 11.9. The first kappa shape index (κ1) is 41.0. The van der Waals surface area contributed by atoms with E-state index in [-0.39, 0.29) is 13.2 Å². The van der Waals surface area contributed by atoms with Crippen LogP contribution in [0.5, 0.6) is 0 Å². The number of hydrogen-bond donors (Lipinski definition) is 4. The molecule has 0 saturated heterocycles. The molecule has 0 aromatic heterocycles. The van der Waals surface area contributed by atoms with Gasteiger partial charge < -0.3 is 20.4 Å². The summed E-state index contributed by atoms with van der Waals surface area (Å²) in [6.07, 6.45) is 19.3. The lowest BCUT2D eigenvalue weighted by Crippen LogP contribution is -1.93. The molecule has 0 fully saturated rings. The van der Waals surface area contributed by atoms with Crippen molar-refractivity contribution in [3.05, 3.63) is 130 Å². The molecule has 0 spiro atoms. The van der Waals surface area contributed by atoms with Crippen LogP contribution < -0.4 is 0 Å². The van der Waals surface area contributed by atoms with Gasteiger partial charge in [-0.3, -0.25) is 0 Å². The summed E-state index contributed by atoms with van der Waals surface area (Å²) >= 11 is 0. The second kappa shape index (κ2) is 26.4. The molecule has 0 radical (unpaired) electrons. The summed E-state index contributed by atoms with van der Waals surface area (Å²) in [5, 5.41) is 35.1. The Morgan fingerprint density at radius 1 is 0.533 bits per heavy atom. The molecule has 2 aromatic carbocycles. The van der Waals surface area contributed by atoms with Gasteiger partial charge in [-0.05, 0) is 116 Å². The molecule has 0 saturated carbocycles. The first-order valence-corrected chi connectivity index (χ1v) is 15.6. The largest absolute Gasteiger partial charge is 0.478 e. The number of aliphatic hydroxyl groups is 2. The summed E-state index contributed by atoms with van der Waals surface area (Å²) < 4.78 is 0. The van der Waals surface area contributed by atoms with Gasteiger partial charge in [-0.1, -0.05) is 89.1 Å². The number of benzene rings is 2. The number of carboxylic acid groups (broad SMARTS) is 2. The molecule has 4 N–H and O–H groups in total. The molecule has 0 unspecified atom stereocenters. The van der Waals surface area contributed by atoms with E-state index in [0.29, 0.717) is 11.1 Å². The molecule has 0 atom stereocenters. The number of hydrogen-bond acceptors (Lipinski definition) is 4. The molecule has 246 valence electrons. The molecule has 0 aliphatic carbocycles.